The Kier molecular flexibility index (Phi) is 7.40. The van der Waals surface area contributed by atoms with Gasteiger partial charge in [-0.2, -0.15) is 4.31 Å². The van der Waals surface area contributed by atoms with Gasteiger partial charge in [-0.25, -0.2) is 8.42 Å². The van der Waals surface area contributed by atoms with Gasteiger partial charge in [0.05, 0.1) is 22.9 Å². The van der Waals surface area contributed by atoms with Crippen molar-refractivity contribution in [1.82, 2.24) is 9.21 Å². The minimum Gasteiger partial charge on any atom is -0.332 e. The molecular formula is C24H25N3O5S2. The number of benzene rings is 2. The van der Waals surface area contributed by atoms with E-state index in [0.717, 1.165) is 23.3 Å². The van der Waals surface area contributed by atoms with Gasteiger partial charge >= 0.3 is 0 Å². The first-order valence-corrected chi connectivity index (χ1v) is 13.2. The number of hydrogen-bond donors (Lipinski definition) is 0. The molecule has 178 valence electrons. The average molecular weight is 500 g/mol. The lowest BCUT2D eigenvalue weighted by molar-refractivity contribution is -0.384. The molecule has 0 radical (unpaired) electrons. The number of carbonyl (C=O) groups excluding carboxylic acids is 1. The number of nitro benzene ring substituents is 1. The van der Waals surface area contributed by atoms with E-state index in [4.69, 9.17) is 0 Å². The Morgan fingerprint density at radius 3 is 2.29 bits per heavy atom. The molecule has 3 aromatic rings. The second kappa shape index (κ2) is 10.5. The van der Waals surface area contributed by atoms with Crippen molar-refractivity contribution in [3.63, 3.8) is 0 Å². The summed E-state index contributed by atoms with van der Waals surface area (Å²) in [6.45, 7) is 0.726. The molecule has 1 aliphatic rings. The van der Waals surface area contributed by atoms with E-state index in [1.54, 1.807) is 16.2 Å². The van der Waals surface area contributed by atoms with Crippen molar-refractivity contribution in [2.24, 2.45) is 5.92 Å². The number of amides is 1. The molecule has 0 N–H and O–H groups in total. The standard InChI is InChI=1S/C24H25N3O5S2/c28-24(25(17-22-7-4-14-33-22)15-19-5-2-1-3-6-19)18-26(16-20-8-9-20)34(31,32)23-12-10-21(11-13-23)27(29)30/h1-7,10-14,20H,8-9,15-18H2. The summed E-state index contributed by atoms with van der Waals surface area (Å²) in [5.41, 5.74) is 0.771. The Balaban J connectivity index is 1.57. The minimum absolute atomic E-state index is 0.0561. The molecule has 34 heavy (non-hydrogen) atoms. The van der Waals surface area contributed by atoms with Crippen molar-refractivity contribution in [3.05, 3.63) is 92.7 Å². The van der Waals surface area contributed by atoms with Crippen LogP contribution in [0.25, 0.3) is 0 Å². The van der Waals surface area contributed by atoms with Crippen LogP contribution in [0.3, 0.4) is 0 Å². The van der Waals surface area contributed by atoms with Crippen molar-refractivity contribution in [3.8, 4) is 0 Å². The van der Waals surface area contributed by atoms with Crippen molar-refractivity contribution < 1.29 is 18.1 Å². The van der Waals surface area contributed by atoms with E-state index in [1.165, 1.54) is 28.6 Å². The molecule has 8 nitrogen and oxygen atoms in total. The summed E-state index contributed by atoms with van der Waals surface area (Å²) in [6, 6.07) is 18.2. The zero-order valence-corrected chi connectivity index (χ0v) is 20.1. The van der Waals surface area contributed by atoms with Gasteiger partial charge in [0, 0.05) is 30.1 Å². The van der Waals surface area contributed by atoms with E-state index >= 15 is 0 Å². The maximum atomic E-state index is 13.4. The van der Waals surface area contributed by atoms with E-state index in [1.807, 2.05) is 47.8 Å². The molecule has 0 atom stereocenters. The molecule has 1 amide bonds. The van der Waals surface area contributed by atoms with Gasteiger partial charge in [0.25, 0.3) is 5.69 Å². The topological polar surface area (TPSA) is 101 Å². The molecule has 2 aromatic carbocycles. The maximum Gasteiger partial charge on any atom is 0.269 e. The second-order valence-corrected chi connectivity index (χ2v) is 11.3. The maximum absolute atomic E-state index is 13.4. The van der Waals surface area contributed by atoms with Crippen molar-refractivity contribution in [2.75, 3.05) is 13.1 Å². The van der Waals surface area contributed by atoms with Crippen LogP contribution in [0.15, 0.2) is 77.0 Å². The predicted octanol–water partition coefficient (Wildman–Crippen LogP) is 4.29. The summed E-state index contributed by atoms with van der Waals surface area (Å²) in [5, 5.41) is 12.9. The highest BCUT2D eigenvalue weighted by atomic mass is 32.2. The molecule has 1 saturated carbocycles. The van der Waals surface area contributed by atoms with Gasteiger partial charge in [-0.3, -0.25) is 14.9 Å². The van der Waals surface area contributed by atoms with Crippen molar-refractivity contribution in [1.29, 1.82) is 0 Å². The number of sulfonamides is 1. The van der Waals surface area contributed by atoms with Gasteiger partial charge < -0.3 is 4.90 Å². The highest BCUT2D eigenvalue weighted by Crippen LogP contribution is 2.32. The van der Waals surface area contributed by atoms with Gasteiger partial charge in [0.15, 0.2) is 0 Å². The van der Waals surface area contributed by atoms with Crippen LogP contribution in [0, 0.1) is 16.0 Å². The molecule has 10 heteroatoms. The van der Waals surface area contributed by atoms with Gasteiger partial charge in [0.2, 0.25) is 15.9 Å². The van der Waals surface area contributed by atoms with Gasteiger partial charge in [-0.05, 0) is 47.9 Å². The smallest absolute Gasteiger partial charge is 0.269 e. The molecule has 1 aromatic heterocycles. The first kappa shape index (κ1) is 24.1. The number of carbonyl (C=O) groups is 1. The monoisotopic (exact) mass is 499 g/mol. The molecular weight excluding hydrogens is 474 g/mol. The zero-order chi connectivity index (χ0) is 24.1. The molecule has 1 fully saturated rings. The van der Waals surface area contributed by atoms with Crippen LogP contribution in [-0.4, -0.2) is 41.5 Å². The normalized spacial score (nSPS) is 13.7. The van der Waals surface area contributed by atoms with Crippen LogP contribution in [0.4, 0.5) is 5.69 Å². The van der Waals surface area contributed by atoms with E-state index in [2.05, 4.69) is 0 Å². The lowest BCUT2D eigenvalue weighted by Gasteiger charge is -2.27. The fourth-order valence-electron chi connectivity index (χ4n) is 3.60. The Morgan fingerprint density at radius 2 is 1.71 bits per heavy atom. The number of thiophene rings is 1. The highest BCUT2D eigenvalue weighted by Gasteiger charge is 2.34. The van der Waals surface area contributed by atoms with Crippen LogP contribution in [0.2, 0.25) is 0 Å². The first-order valence-electron chi connectivity index (χ1n) is 10.9. The average Bonchev–Trinajstić information content (AvgIpc) is 3.50. The number of nitrogens with zero attached hydrogens (tertiary/aromatic N) is 3. The Labute approximate surface area is 202 Å². The third-order valence-corrected chi connectivity index (χ3v) is 8.34. The Hall–Kier alpha value is -3.08. The van der Waals surface area contributed by atoms with Crippen LogP contribution < -0.4 is 0 Å². The van der Waals surface area contributed by atoms with Crippen LogP contribution in [-0.2, 0) is 27.9 Å². The number of hydrogen-bond acceptors (Lipinski definition) is 6. The summed E-state index contributed by atoms with van der Waals surface area (Å²) >= 11 is 1.54. The Bertz CT molecular complexity index is 1230. The van der Waals surface area contributed by atoms with Crippen molar-refractivity contribution >= 4 is 33.0 Å². The minimum atomic E-state index is -4.00. The fraction of sp³-hybridized carbons (Fsp3) is 0.292. The quantitative estimate of drug-likeness (QED) is 0.289. The largest absolute Gasteiger partial charge is 0.332 e. The third kappa shape index (κ3) is 6.07. The van der Waals surface area contributed by atoms with Crippen molar-refractivity contribution in [2.45, 2.75) is 30.8 Å². The second-order valence-electron chi connectivity index (χ2n) is 8.31. The molecule has 1 heterocycles. The molecule has 0 unspecified atom stereocenters. The van der Waals surface area contributed by atoms with Gasteiger partial charge in [0.1, 0.15) is 0 Å². The predicted molar refractivity (Wildman–Crippen MR) is 130 cm³/mol. The zero-order valence-electron chi connectivity index (χ0n) is 18.4. The Morgan fingerprint density at radius 1 is 1.00 bits per heavy atom. The molecule has 1 aliphatic carbocycles. The van der Waals surface area contributed by atoms with Gasteiger partial charge in [-0.1, -0.05) is 36.4 Å². The summed E-state index contributed by atoms with van der Waals surface area (Å²) in [6.07, 6.45) is 1.84. The van der Waals surface area contributed by atoms with Gasteiger partial charge in [-0.15, -0.1) is 11.3 Å². The number of rotatable bonds is 11. The molecule has 0 aliphatic heterocycles. The third-order valence-electron chi connectivity index (χ3n) is 5.65. The van der Waals surface area contributed by atoms with Crippen LogP contribution >= 0.6 is 11.3 Å². The summed E-state index contributed by atoms with van der Waals surface area (Å²) in [7, 11) is -4.00. The van der Waals surface area contributed by atoms with E-state index in [-0.39, 0.29) is 35.5 Å². The SMILES string of the molecule is O=C(CN(CC1CC1)S(=O)(=O)c1ccc([N+](=O)[O-])cc1)N(Cc1ccccc1)Cc1cccs1. The van der Waals surface area contributed by atoms with Crippen LogP contribution in [0.1, 0.15) is 23.3 Å². The van der Waals surface area contributed by atoms with E-state index in [0.29, 0.717) is 13.1 Å². The number of nitro groups is 1. The lowest BCUT2D eigenvalue weighted by atomic mass is 10.2. The summed E-state index contributed by atoms with van der Waals surface area (Å²) in [5.74, 6) is -0.0658. The van der Waals surface area contributed by atoms with E-state index in [9.17, 15) is 23.3 Å². The fourth-order valence-corrected chi connectivity index (χ4v) is 5.79. The molecule has 0 spiro atoms. The highest BCUT2D eigenvalue weighted by molar-refractivity contribution is 7.89. The number of non-ortho nitro benzene ring substituents is 1. The molecule has 0 bridgehead atoms. The van der Waals surface area contributed by atoms with Crippen LogP contribution in [0.5, 0.6) is 0 Å². The van der Waals surface area contributed by atoms with E-state index < -0.39 is 14.9 Å². The molecule has 0 saturated heterocycles. The molecule has 4 rings (SSSR count). The summed E-state index contributed by atoms with van der Waals surface area (Å²) in [4.78, 5) is 26.4. The lowest BCUT2D eigenvalue weighted by Crippen LogP contribution is -2.43. The first-order chi connectivity index (χ1) is 16.3. The summed E-state index contributed by atoms with van der Waals surface area (Å²) < 4.78 is 28.0.